The van der Waals surface area contributed by atoms with E-state index in [0.29, 0.717) is 11.7 Å². The lowest BCUT2D eigenvalue weighted by atomic mass is 9.92. The minimum absolute atomic E-state index is 0.471. The van der Waals surface area contributed by atoms with Crippen LogP contribution in [0.5, 0.6) is 0 Å². The molecule has 1 aromatic heterocycles. The Hall–Kier alpha value is -1.38. The quantitative estimate of drug-likeness (QED) is 0.788. The highest BCUT2D eigenvalue weighted by atomic mass is 14.9. The minimum atomic E-state index is 0.471. The molecule has 0 amide bonds. The van der Waals surface area contributed by atoms with Crippen molar-refractivity contribution in [2.24, 2.45) is 4.99 Å². The lowest BCUT2D eigenvalue weighted by Gasteiger charge is -2.17. The maximum Gasteiger partial charge on any atom is 0.149 e. The van der Waals surface area contributed by atoms with E-state index in [1.807, 2.05) is 13.1 Å². The van der Waals surface area contributed by atoms with Crippen LogP contribution in [0.3, 0.4) is 0 Å². The number of anilines is 1. The summed E-state index contributed by atoms with van der Waals surface area (Å²) in [5.41, 5.74) is 9.27. The second-order valence-corrected chi connectivity index (χ2v) is 3.98. The Kier molecular flexibility index (Phi) is 4.47. The molecule has 0 aromatic carbocycles. The van der Waals surface area contributed by atoms with Crippen molar-refractivity contribution in [2.45, 2.75) is 46.5 Å². The first-order valence-electron chi connectivity index (χ1n) is 5.91. The van der Waals surface area contributed by atoms with Crippen LogP contribution in [0.15, 0.2) is 11.2 Å². The zero-order valence-corrected chi connectivity index (χ0v) is 10.6. The number of hydrogen-bond donors (Lipinski definition) is 1. The Balaban J connectivity index is 3.41. The molecule has 0 fully saturated rings. The van der Waals surface area contributed by atoms with Gasteiger partial charge in [-0.15, -0.1) is 0 Å². The van der Waals surface area contributed by atoms with Crippen molar-refractivity contribution in [3.8, 4) is 0 Å². The second kappa shape index (κ2) is 5.64. The molecular weight excluding hydrogens is 198 g/mol. The Labute approximate surface area is 97.8 Å². The third kappa shape index (κ3) is 2.40. The van der Waals surface area contributed by atoms with Crippen LogP contribution in [-0.2, 0) is 6.42 Å². The summed E-state index contributed by atoms with van der Waals surface area (Å²) in [5, 5.41) is 0. The molecule has 3 nitrogen and oxygen atoms in total. The zero-order chi connectivity index (χ0) is 12.1. The third-order valence-electron chi connectivity index (χ3n) is 2.95. The molecule has 2 N–H and O–H groups in total. The smallest absolute Gasteiger partial charge is 0.149 e. The first kappa shape index (κ1) is 12.7. The van der Waals surface area contributed by atoms with E-state index in [-0.39, 0.29) is 0 Å². The van der Waals surface area contributed by atoms with Gasteiger partial charge in [-0.05, 0) is 36.8 Å². The van der Waals surface area contributed by atoms with Gasteiger partial charge in [-0.1, -0.05) is 20.8 Å². The molecule has 1 atom stereocenters. The number of nitrogens with two attached hydrogens (primary N) is 1. The van der Waals surface area contributed by atoms with E-state index in [0.717, 1.165) is 18.5 Å². The average Bonchev–Trinajstić information content (AvgIpc) is 2.30. The Morgan fingerprint density at radius 1 is 1.50 bits per heavy atom. The first-order chi connectivity index (χ1) is 7.65. The van der Waals surface area contributed by atoms with Gasteiger partial charge < -0.3 is 5.73 Å². The minimum Gasteiger partial charge on any atom is -0.382 e. The highest BCUT2D eigenvalue weighted by Crippen LogP contribution is 2.35. The average molecular weight is 219 g/mol. The molecule has 1 unspecified atom stereocenters. The molecule has 0 saturated carbocycles. The number of aromatic nitrogens is 1. The van der Waals surface area contributed by atoms with Crippen LogP contribution in [0.2, 0.25) is 0 Å². The topological polar surface area (TPSA) is 51.3 Å². The van der Waals surface area contributed by atoms with Gasteiger partial charge in [0, 0.05) is 12.4 Å². The Morgan fingerprint density at radius 2 is 2.19 bits per heavy atom. The van der Waals surface area contributed by atoms with Crippen molar-refractivity contribution in [3.63, 3.8) is 0 Å². The highest BCUT2D eigenvalue weighted by molar-refractivity contribution is 5.71. The van der Waals surface area contributed by atoms with Gasteiger partial charge in [-0.3, -0.25) is 4.99 Å². The lowest BCUT2D eigenvalue weighted by Crippen LogP contribution is -2.03. The lowest BCUT2D eigenvalue weighted by molar-refractivity contribution is 0.723. The van der Waals surface area contributed by atoms with E-state index in [1.54, 1.807) is 6.21 Å². The summed E-state index contributed by atoms with van der Waals surface area (Å²) < 4.78 is 0. The summed E-state index contributed by atoms with van der Waals surface area (Å²) in [5.74, 6) is 1.00. The normalized spacial score (nSPS) is 13.2. The summed E-state index contributed by atoms with van der Waals surface area (Å²) in [7, 11) is 0. The van der Waals surface area contributed by atoms with Gasteiger partial charge in [-0.2, -0.15) is 0 Å². The summed E-state index contributed by atoms with van der Waals surface area (Å²) in [6, 6.07) is 0. The molecule has 0 radical (unpaired) electrons. The van der Waals surface area contributed by atoms with E-state index >= 15 is 0 Å². The summed E-state index contributed by atoms with van der Waals surface area (Å²) in [4.78, 5) is 8.58. The molecular formula is C13H21N3. The molecule has 0 bridgehead atoms. The van der Waals surface area contributed by atoms with Crippen LogP contribution in [-0.4, -0.2) is 11.2 Å². The van der Waals surface area contributed by atoms with E-state index in [2.05, 4.69) is 30.7 Å². The molecule has 1 heterocycles. The Morgan fingerprint density at radius 3 is 2.69 bits per heavy atom. The van der Waals surface area contributed by atoms with Crippen molar-refractivity contribution < 1.29 is 0 Å². The molecule has 1 rings (SSSR count). The molecule has 0 aliphatic rings. The van der Waals surface area contributed by atoms with Crippen LogP contribution >= 0.6 is 0 Å². The van der Waals surface area contributed by atoms with Crippen LogP contribution < -0.4 is 5.73 Å². The third-order valence-corrected chi connectivity index (χ3v) is 2.95. The fourth-order valence-electron chi connectivity index (χ4n) is 1.87. The van der Waals surface area contributed by atoms with E-state index in [1.165, 1.54) is 11.1 Å². The second-order valence-electron chi connectivity index (χ2n) is 3.98. The monoisotopic (exact) mass is 219 g/mol. The molecule has 0 saturated heterocycles. The standard InChI is InChI=1S/C13H21N3/c1-5-9(4)11-10(6-2)8-16-13(14)12(11)15-7-3/h7-9H,5-6H2,1-4H3,(H2,14,16). The predicted molar refractivity (Wildman–Crippen MR) is 70.6 cm³/mol. The van der Waals surface area contributed by atoms with Gasteiger partial charge >= 0.3 is 0 Å². The molecule has 16 heavy (non-hydrogen) atoms. The van der Waals surface area contributed by atoms with Crippen molar-refractivity contribution >= 4 is 17.7 Å². The van der Waals surface area contributed by atoms with Gasteiger partial charge in [0.15, 0.2) is 0 Å². The van der Waals surface area contributed by atoms with Crippen LogP contribution in [0.4, 0.5) is 11.5 Å². The molecule has 1 aromatic rings. The van der Waals surface area contributed by atoms with Crippen LogP contribution in [0.25, 0.3) is 0 Å². The fourth-order valence-corrected chi connectivity index (χ4v) is 1.87. The Bertz CT molecular complexity index is 383. The van der Waals surface area contributed by atoms with Crippen molar-refractivity contribution in [1.29, 1.82) is 0 Å². The number of nitrogen functional groups attached to an aromatic ring is 1. The van der Waals surface area contributed by atoms with Gasteiger partial charge in [0.25, 0.3) is 0 Å². The van der Waals surface area contributed by atoms with Crippen molar-refractivity contribution in [3.05, 3.63) is 17.3 Å². The SMILES string of the molecule is CC=Nc1c(N)ncc(CC)c1C(C)CC. The van der Waals surface area contributed by atoms with Crippen molar-refractivity contribution in [2.75, 3.05) is 5.73 Å². The van der Waals surface area contributed by atoms with Gasteiger partial charge in [-0.25, -0.2) is 4.98 Å². The van der Waals surface area contributed by atoms with E-state index in [4.69, 9.17) is 5.73 Å². The number of nitrogens with zero attached hydrogens (tertiary/aromatic N) is 2. The fraction of sp³-hybridized carbons (Fsp3) is 0.538. The molecule has 0 aliphatic heterocycles. The first-order valence-corrected chi connectivity index (χ1v) is 5.91. The van der Waals surface area contributed by atoms with E-state index < -0.39 is 0 Å². The summed E-state index contributed by atoms with van der Waals surface area (Å²) in [6.07, 6.45) is 5.71. The largest absolute Gasteiger partial charge is 0.382 e. The number of rotatable bonds is 4. The van der Waals surface area contributed by atoms with Crippen molar-refractivity contribution in [1.82, 2.24) is 4.98 Å². The zero-order valence-electron chi connectivity index (χ0n) is 10.6. The van der Waals surface area contributed by atoms with Crippen LogP contribution in [0, 0.1) is 0 Å². The van der Waals surface area contributed by atoms with Crippen LogP contribution in [0.1, 0.15) is 51.2 Å². The van der Waals surface area contributed by atoms with Gasteiger partial charge in [0.1, 0.15) is 11.5 Å². The number of aryl methyl sites for hydroxylation is 1. The highest BCUT2D eigenvalue weighted by Gasteiger charge is 2.16. The number of pyridine rings is 1. The van der Waals surface area contributed by atoms with Gasteiger partial charge in [0.2, 0.25) is 0 Å². The number of aliphatic imine (C=N–C) groups is 1. The van der Waals surface area contributed by atoms with E-state index in [9.17, 15) is 0 Å². The maximum absolute atomic E-state index is 5.90. The van der Waals surface area contributed by atoms with Gasteiger partial charge in [0.05, 0.1) is 0 Å². The summed E-state index contributed by atoms with van der Waals surface area (Å²) >= 11 is 0. The maximum atomic E-state index is 5.90. The molecule has 88 valence electrons. The molecule has 0 spiro atoms. The molecule has 0 aliphatic carbocycles. The predicted octanol–water partition coefficient (Wildman–Crippen LogP) is 3.46. The molecule has 3 heteroatoms. The number of hydrogen-bond acceptors (Lipinski definition) is 3. The summed E-state index contributed by atoms with van der Waals surface area (Å²) in [6.45, 7) is 8.43.